The molecular weight excluding hydrogens is 196 g/mol. The highest BCUT2D eigenvalue weighted by molar-refractivity contribution is 5.65. The van der Waals surface area contributed by atoms with Gasteiger partial charge in [0.05, 0.1) is 7.11 Å². The first-order valence-electron chi connectivity index (χ1n) is 6.15. The second kappa shape index (κ2) is 7.10. The molecule has 0 saturated heterocycles. The first-order chi connectivity index (χ1) is 7.81. The van der Waals surface area contributed by atoms with Gasteiger partial charge in [0.15, 0.2) is 0 Å². The monoisotopic (exact) mass is 218 g/mol. The summed E-state index contributed by atoms with van der Waals surface area (Å²) in [4.78, 5) is 0. The summed E-state index contributed by atoms with van der Waals surface area (Å²) in [6, 6.07) is 8.36. The van der Waals surface area contributed by atoms with Crippen LogP contribution >= 0.6 is 0 Å². The number of allylic oxidation sites excluding steroid dienone is 2. The standard InChI is InChI=1S/C15H22O/c1-4-6-8-13(7-5-2)14-9-11-15(16-3)12-10-14/h8-12H,4-7H2,1-3H3/b13-8-. The molecule has 0 aliphatic carbocycles. The fourth-order valence-corrected chi connectivity index (χ4v) is 1.76. The molecule has 0 N–H and O–H groups in total. The smallest absolute Gasteiger partial charge is 0.118 e. The molecule has 1 aromatic rings. The maximum atomic E-state index is 5.17. The van der Waals surface area contributed by atoms with E-state index >= 15 is 0 Å². The molecule has 0 fully saturated rings. The Kier molecular flexibility index (Phi) is 5.69. The van der Waals surface area contributed by atoms with Crippen molar-refractivity contribution in [3.05, 3.63) is 35.9 Å². The van der Waals surface area contributed by atoms with Gasteiger partial charge in [0.25, 0.3) is 0 Å². The predicted octanol–water partition coefficient (Wildman–Crippen LogP) is 4.68. The number of hydrogen-bond donors (Lipinski definition) is 0. The summed E-state index contributed by atoms with van der Waals surface area (Å²) in [5, 5.41) is 0. The van der Waals surface area contributed by atoms with E-state index in [9.17, 15) is 0 Å². The minimum Gasteiger partial charge on any atom is -0.497 e. The van der Waals surface area contributed by atoms with Gasteiger partial charge in [-0.25, -0.2) is 0 Å². The number of benzene rings is 1. The van der Waals surface area contributed by atoms with Crippen molar-refractivity contribution in [2.75, 3.05) is 7.11 Å². The van der Waals surface area contributed by atoms with Crippen LogP contribution in [0.5, 0.6) is 5.75 Å². The SMILES string of the molecule is CCC/C=C(/CCC)c1ccc(OC)cc1. The molecule has 0 spiro atoms. The van der Waals surface area contributed by atoms with Gasteiger partial charge in [0, 0.05) is 0 Å². The van der Waals surface area contributed by atoms with Gasteiger partial charge in [0.2, 0.25) is 0 Å². The third-order valence-corrected chi connectivity index (χ3v) is 2.66. The van der Waals surface area contributed by atoms with Crippen LogP contribution in [0.1, 0.15) is 45.1 Å². The van der Waals surface area contributed by atoms with Gasteiger partial charge in [-0.2, -0.15) is 0 Å². The second-order valence-electron chi connectivity index (χ2n) is 4.00. The fourth-order valence-electron chi connectivity index (χ4n) is 1.76. The number of methoxy groups -OCH3 is 1. The molecule has 1 rings (SSSR count). The average Bonchev–Trinajstić information content (AvgIpc) is 2.35. The number of rotatable bonds is 6. The number of ether oxygens (including phenoxy) is 1. The summed E-state index contributed by atoms with van der Waals surface area (Å²) < 4.78 is 5.17. The lowest BCUT2D eigenvalue weighted by Gasteiger charge is -2.07. The van der Waals surface area contributed by atoms with Gasteiger partial charge in [-0.3, -0.25) is 0 Å². The molecule has 0 amide bonds. The van der Waals surface area contributed by atoms with Gasteiger partial charge < -0.3 is 4.74 Å². The summed E-state index contributed by atoms with van der Waals surface area (Å²) in [5.74, 6) is 0.926. The number of unbranched alkanes of at least 4 members (excludes halogenated alkanes) is 1. The minimum atomic E-state index is 0.926. The quantitative estimate of drug-likeness (QED) is 0.673. The van der Waals surface area contributed by atoms with Crippen LogP contribution in [0.4, 0.5) is 0 Å². The summed E-state index contributed by atoms with van der Waals surface area (Å²) in [6.45, 7) is 4.44. The predicted molar refractivity (Wildman–Crippen MR) is 70.8 cm³/mol. The molecule has 88 valence electrons. The van der Waals surface area contributed by atoms with E-state index in [4.69, 9.17) is 4.74 Å². The summed E-state index contributed by atoms with van der Waals surface area (Å²) in [5.41, 5.74) is 2.79. The average molecular weight is 218 g/mol. The third kappa shape index (κ3) is 3.73. The van der Waals surface area contributed by atoms with Crippen molar-refractivity contribution in [3.63, 3.8) is 0 Å². The molecule has 0 heterocycles. The second-order valence-corrected chi connectivity index (χ2v) is 4.00. The van der Waals surface area contributed by atoms with Crippen molar-refractivity contribution in [2.24, 2.45) is 0 Å². The first-order valence-corrected chi connectivity index (χ1v) is 6.15. The van der Waals surface area contributed by atoms with E-state index in [0.29, 0.717) is 0 Å². The molecule has 0 aliphatic heterocycles. The van der Waals surface area contributed by atoms with Gasteiger partial charge in [-0.15, -0.1) is 0 Å². The van der Waals surface area contributed by atoms with Crippen LogP contribution in [-0.2, 0) is 0 Å². The van der Waals surface area contributed by atoms with Crippen LogP contribution in [0.15, 0.2) is 30.3 Å². The molecule has 0 aromatic heterocycles. The van der Waals surface area contributed by atoms with Gasteiger partial charge in [-0.05, 0) is 36.1 Å². The lowest BCUT2D eigenvalue weighted by Crippen LogP contribution is -1.87. The number of hydrogen-bond acceptors (Lipinski definition) is 1. The van der Waals surface area contributed by atoms with E-state index in [-0.39, 0.29) is 0 Å². The maximum Gasteiger partial charge on any atom is 0.118 e. The van der Waals surface area contributed by atoms with Gasteiger partial charge >= 0.3 is 0 Å². The topological polar surface area (TPSA) is 9.23 Å². The minimum absolute atomic E-state index is 0.926. The zero-order valence-corrected chi connectivity index (χ0v) is 10.6. The molecule has 0 radical (unpaired) electrons. The zero-order chi connectivity index (χ0) is 11.8. The van der Waals surface area contributed by atoms with Crippen molar-refractivity contribution in [3.8, 4) is 5.75 Å². The highest BCUT2D eigenvalue weighted by Gasteiger charge is 2.00. The fraction of sp³-hybridized carbons (Fsp3) is 0.467. The van der Waals surface area contributed by atoms with Crippen LogP contribution in [0.3, 0.4) is 0 Å². The van der Waals surface area contributed by atoms with Crippen molar-refractivity contribution >= 4 is 5.57 Å². The Morgan fingerprint density at radius 1 is 1.12 bits per heavy atom. The molecule has 1 heteroatoms. The Balaban J connectivity index is 2.83. The van der Waals surface area contributed by atoms with Crippen LogP contribution in [0.25, 0.3) is 5.57 Å². The lowest BCUT2D eigenvalue weighted by atomic mass is 10.00. The maximum absolute atomic E-state index is 5.17. The Bertz CT molecular complexity index is 322. The first kappa shape index (κ1) is 12.8. The highest BCUT2D eigenvalue weighted by Crippen LogP contribution is 2.23. The lowest BCUT2D eigenvalue weighted by molar-refractivity contribution is 0.415. The Hall–Kier alpha value is -1.24. The molecule has 0 aliphatic rings. The molecule has 1 nitrogen and oxygen atoms in total. The van der Waals surface area contributed by atoms with E-state index in [1.54, 1.807) is 7.11 Å². The van der Waals surface area contributed by atoms with Crippen molar-refractivity contribution < 1.29 is 4.74 Å². The van der Waals surface area contributed by atoms with Crippen LogP contribution in [-0.4, -0.2) is 7.11 Å². The van der Waals surface area contributed by atoms with E-state index in [0.717, 1.165) is 12.2 Å². The van der Waals surface area contributed by atoms with E-state index < -0.39 is 0 Å². The van der Waals surface area contributed by atoms with Crippen LogP contribution in [0, 0.1) is 0 Å². The Morgan fingerprint density at radius 3 is 2.31 bits per heavy atom. The molecule has 0 bridgehead atoms. The van der Waals surface area contributed by atoms with Crippen molar-refractivity contribution in [2.45, 2.75) is 39.5 Å². The Morgan fingerprint density at radius 2 is 1.81 bits per heavy atom. The van der Waals surface area contributed by atoms with Gasteiger partial charge in [-0.1, -0.05) is 44.9 Å². The zero-order valence-electron chi connectivity index (χ0n) is 10.6. The third-order valence-electron chi connectivity index (χ3n) is 2.66. The Labute approximate surface area is 99.1 Å². The van der Waals surface area contributed by atoms with Gasteiger partial charge in [0.1, 0.15) is 5.75 Å². The largest absolute Gasteiger partial charge is 0.497 e. The van der Waals surface area contributed by atoms with E-state index in [2.05, 4.69) is 32.1 Å². The van der Waals surface area contributed by atoms with Crippen molar-refractivity contribution in [1.29, 1.82) is 0 Å². The van der Waals surface area contributed by atoms with Crippen molar-refractivity contribution in [1.82, 2.24) is 0 Å². The molecular formula is C15H22O. The molecule has 0 saturated carbocycles. The summed E-state index contributed by atoms with van der Waals surface area (Å²) in [7, 11) is 1.70. The highest BCUT2D eigenvalue weighted by atomic mass is 16.5. The van der Waals surface area contributed by atoms with Crippen LogP contribution < -0.4 is 4.74 Å². The normalized spacial score (nSPS) is 11.6. The molecule has 1 aromatic carbocycles. The molecule has 16 heavy (non-hydrogen) atoms. The summed E-state index contributed by atoms with van der Waals surface area (Å²) >= 11 is 0. The molecule has 0 atom stereocenters. The van der Waals surface area contributed by atoms with E-state index in [1.807, 2.05) is 12.1 Å². The van der Waals surface area contributed by atoms with Crippen LogP contribution in [0.2, 0.25) is 0 Å². The molecule has 0 unspecified atom stereocenters. The summed E-state index contributed by atoms with van der Waals surface area (Å²) in [6.07, 6.45) is 7.10. The van der Waals surface area contributed by atoms with E-state index in [1.165, 1.54) is 30.4 Å².